The van der Waals surface area contributed by atoms with Crippen LogP contribution in [0.15, 0.2) is 46.3 Å². The monoisotopic (exact) mass is 381 g/mol. The molecule has 3 rings (SSSR count). The standard InChI is InChI=1S/C20H19N3O3S/c1-20(2,25)9-8-14-5-3-6-15(11-14)19(24)21-13-18-22-17(23-26-18)12-16-7-4-10-27-16/h3-7,10-11,25H,12-13H2,1-2H3,(H,21,24). The van der Waals surface area contributed by atoms with Crippen molar-refractivity contribution in [3.05, 3.63) is 69.5 Å². The molecule has 138 valence electrons. The molecule has 0 aliphatic heterocycles. The fourth-order valence-electron chi connectivity index (χ4n) is 2.22. The predicted octanol–water partition coefficient (Wildman–Crippen LogP) is 2.77. The Balaban J connectivity index is 1.59. The molecule has 0 aliphatic carbocycles. The van der Waals surface area contributed by atoms with Crippen LogP contribution in [-0.2, 0) is 13.0 Å². The van der Waals surface area contributed by atoms with Gasteiger partial charge in [-0.1, -0.05) is 29.1 Å². The van der Waals surface area contributed by atoms with E-state index in [-0.39, 0.29) is 12.5 Å². The number of benzene rings is 1. The highest BCUT2D eigenvalue weighted by molar-refractivity contribution is 7.09. The van der Waals surface area contributed by atoms with E-state index in [1.54, 1.807) is 49.4 Å². The Morgan fingerprint density at radius 1 is 1.33 bits per heavy atom. The van der Waals surface area contributed by atoms with Gasteiger partial charge in [0.1, 0.15) is 5.60 Å². The van der Waals surface area contributed by atoms with E-state index >= 15 is 0 Å². The molecule has 1 amide bonds. The van der Waals surface area contributed by atoms with Crippen molar-refractivity contribution in [1.82, 2.24) is 15.5 Å². The zero-order valence-corrected chi connectivity index (χ0v) is 15.8. The molecule has 0 atom stereocenters. The van der Waals surface area contributed by atoms with Crippen LogP contribution in [0, 0.1) is 11.8 Å². The summed E-state index contributed by atoms with van der Waals surface area (Å²) < 4.78 is 5.18. The van der Waals surface area contributed by atoms with Crippen molar-refractivity contribution in [3.8, 4) is 11.8 Å². The zero-order chi connectivity index (χ0) is 19.3. The number of amides is 1. The van der Waals surface area contributed by atoms with Crippen LogP contribution in [0.4, 0.5) is 0 Å². The number of carbonyl (C=O) groups excluding carboxylic acids is 1. The smallest absolute Gasteiger partial charge is 0.251 e. The van der Waals surface area contributed by atoms with Crippen LogP contribution < -0.4 is 5.32 Å². The van der Waals surface area contributed by atoms with E-state index in [2.05, 4.69) is 27.3 Å². The Labute approximate surface area is 161 Å². The molecule has 6 nitrogen and oxygen atoms in total. The van der Waals surface area contributed by atoms with Crippen LogP contribution in [-0.4, -0.2) is 26.8 Å². The number of rotatable bonds is 5. The lowest BCUT2D eigenvalue weighted by atomic mass is 10.1. The predicted molar refractivity (Wildman–Crippen MR) is 102 cm³/mol. The SMILES string of the molecule is CC(C)(O)C#Cc1cccc(C(=O)NCc2nc(Cc3cccs3)no2)c1. The highest BCUT2D eigenvalue weighted by Gasteiger charge is 2.11. The van der Waals surface area contributed by atoms with Gasteiger partial charge in [-0.3, -0.25) is 4.79 Å². The fourth-order valence-corrected chi connectivity index (χ4v) is 2.93. The summed E-state index contributed by atoms with van der Waals surface area (Å²) in [6, 6.07) is 10.9. The van der Waals surface area contributed by atoms with Gasteiger partial charge in [0.15, 0.2) is 5.82 Å². The number of carbonyl (C=O) groups is 1. The number of thiophene rings is 1. The van der Waals surface area contributed by atoms with Crippen LogP contribution in [0.3, 0.4) is 0 Å². The molecule has 0 bridgehead atoms. The molecule has 1 aromatic carbocycles. The van der Waals surface area contributed by atoms with E-state index < -0.39 is 5.60 Å². The topological polar surface area (TPSA) is 88.2 Å². The van der Waals surface area contributed by atoms with Gasteiger partial charge in [0.25, 0.3) is 5.91 Å². The Morgan fingerprint density at radius 2 is 2.19 bits per heavy atom. The van der Waals surface area contributed by atoms with E-state index in [0.29, 0.717) is 29.3 Å². The van der Waals surface area contributed by atoms with Gasteiger partial charge in [-0.15, -0.1) is 11.3 Å². The molecule has 2 heterocycles. The van der Waals surface area contributed by atoms with Gasteiger partial charge in [0, 0.05) is 22.4 Å². The van der Waals surface area contributed by atoms with Crippen LogP contribution in [0.1, 0.15) is 46.4 Å². The van der Waals surface area contributed by atoms with Gasteiger partial charge in [-0.25, -0.2) is 0 Å². The summed E-state index contributed by atoms with van der Waals surface area (Å²) in [4.78, 5) is 17.8. The van der Waals surface area contributed by atoms with Gasteiger partial charge < -0.3 is 14.9 Å². The van der Waals surface area contributed by atoms with E-state index in [4.69, 9.17) is 4.52 Å². The summed E-state index contributed by atoms with van der Waals surface area (Å²) in [5.74, 6) is 6.26. The van der Waals surface area contributed by atoms with Gasteiger partial charge in [-0.05, 0) is 43.5 Å². The van der Waals surface area contributed by atoms with Crippen molar-refractivity contribution in [1.29, 1.82) is 0 Å². The number of hydrogen-bond donors (Lipinski definition) is 2. The molecule has 0 unspecified atom stereocenters. The lowest BCUT2D eigenvalue weighted by molar-refractivity contribution is 0.0946. The molecule has 0 radical (unpaired) electrons. The third-order valence-electron chi connectivity index (χ3n) is 3.46. The number of nitrogens with one attached hydrogen (secondary N) is 1. The summed E-state index contributed by atoms with van der Waals surface area (Å²) in [5, 5.41) is 18.4. The van der Waals surface area contributed by atoms with E-state index in [9.17, 15) is 9.90 Å². The zero-order valence-electron chi connectivity index (χ0n) is 15.0. The first-order valence-corrected chi connectivity index (χ1v) is 9.25. The summed E-state index contributed by atoms with van der Waals surface area (Å²) >= 11 is 1.63. The molecule has 27 heavy (non-hydrogen) atoms. The Kier molecular flexibility index (Phi) is 5.69. The molecule has 0 saturated carbocycles. The van der Waals surface area contributed by atoms with E-state index in [0.717, 1.165) is 4.88 Å². The minimum Gasteiger partial charge on any atom is -0.378 e. The average Bonchev–Trinajstić information content (AvgIpc) is 3.30. The Bertz CT molecular complexity index is 976. The fraction of sp³-hybridized carbons (Fsp3) is 0.250. The van der Waals surface area contributed by atoms with Gasteiger partial charge in [0.05, 0.1) is 6.54 Å². The van der Waals surface area contributed by atoms with Gasteiger partial charge in [0.2, 0.25) is 5.89 Å². The van der Waals surface area contributed by atoms with Crippen molar-refractivity contribution in [3.63, 3.8) is 0 Å². The van der Waals surface area contributed by atoms with Crippen molar-refractivity contribution in [2.75, 3.05) is 0 Å². The lowest BCUT2D eigenvalue weighted by Gasteiger charge is -2.06. The maximum Gasteiger partial charge on any atom is 0.251 e. The van der Waals surface area contributed by atoms with Crippen LogP contribution in [0.25, 0.3) is 0 Å². The summed E-state index contributed by atoms with van der Waals surface area (Å²) in [6.07, 6.45) is 0.608. The number of aromatic nitrogens is 2. The molecule has 2 N–H and O–H groups in total. The second kappa shape index (κ2) is 8.16. The quantitative estimate of drug-likeness (QED) is 0.664. The Hall–Kier alpha value is -2.95. The highest BCUT2D eigenvalue weighted by Crippen LogP contribution is 2.13. The first-order chi connectivity index (χ1) is 12.9. The van der Waals surface area contributed by atoms with Gasteiger partial charge >= 0.3 is 0 Å². The highest BCUT2D eigenvalue weighted by atomic mass is 32.1. The number of aliphatic hydroxyl groups is 1. The molecule has 3 aromatic rings. The van der Waals surface area contributed by atoms with Crippen molar-refractivity contribution >= 4 is 17.2 Å². The number of nitrogens with zero attached hydrogens (tertiary/aromatic N) is 2. The lowest BCUT2D eigenvalue weighted by Crippen LogP contribution is -2.23. The maximum absolute atomic E-state index is 12.3. The molecular weight excluding hydrogens is 362 g/mol. The summed E-state index contributed by atoms with van der Waals surface area (Å²) in [6.45, 7) is 3.36. The third-order valence-corrected chi connectivity index (χ3v) is 4.34. The first-order valence-electron chi connectivity index (χ1n) is 8.37. The molecule has 0 fully saturated rings. The molecular formula is C20H19N3O3S. The minimum atomic E-state index is -1.09. The van der Waals surface area contributed by atoms with E-state index in [1.165, 1.54) is 0 Å². The third kappa shape index (κ3) is 5.78. The van der Waals surface area contributed by atoms with Crippen LogP contribution in [0.5, 0.6) is 0 Å². The van der Waals surface area contributed by atoms with Crippen LogP contribution in [0.2, 0.25) is 0 Å². The van der Waals surface area contributed by atoms with Crippen LogP contribution >= 0.6 is 11.3 Å². The maximum atomic E-state index is 12.3. The Morgan fingerprint density at radius 3 is 2.93 bits per heavy atom. The minimum absolute atomic E-state index is 0.149. The largest absolute Gasteiger partial charge is 0.378 e. The summed E-state index contributed by atoms with van der Waals surface area (Å²) in [7, 11) is 0. The van der Waals surface area contributed by atoms with Crippen molar-refractivity contribution < 1.29 is 14.4 Å². The molecule has 7 heteroatoms. The second-order valence-electron chi connectivity index (χ2n) is 6.43. The molecule has 2 aromatic heterocycles. The summed E-state index contributed by atoms with van der Waals surface area (Å²) in [5.41, 5.74) is 0.0356. The molecule has 0 spiro atoms. The second-order valence-corrected chi connectivity index (χ2v) is 7.47. The van der Waals surface area contributed by atoms with Crippen molar-refractivity contribution in [2.24, 2.45) is 0 Å². The normalized spacial score (nSPS) is 10.9. The van der Waals surface area contributed by atoms with Crippen molar-refractivity contribution in [2.45, 2.75) is 32.4 Å². The molecule has 0 saturated heterocycles. The average molecular weight is 381 g/mol. The van der Waals surface area contributed by atoms with E-state index in [1.807, 2.05) is 17.5 Å². The number of hydrogen-bond acceptors (Lipinski definition) is 6. The van der Waals surface area contributed by atoms with Gasteiger partial charge in [-0.2, -0.15) is 4.98 Å². The molecule has 0 aliphatic rings. The first kappa shape index (κ1) is 18.8.